The Kier molecular flexibility index (Phi) is 10.2. The number of amides is 1. The highest BCUT2D eigenvalue weighted by atomic mass is 35.5. The van der Waals surface area contributed by atoms with Gasteiger partial charge in [-0.2, -0.15) is 0 Å². The second-order valence-electron chi connectivity index (χ2n) is 11.0. The summed E-state index contributed by atoms with van der Waals surface area (Å²) in [5.74, 6) is -2.16. The Labute approximate surface area is 269 Å². The van der Waals surface area contributed by atoms with Crippen molar-refractivity contribution in [2.24, 2.45) is 0 Å². The third-order valence-corrected chi connectivity index (χ3v) is 8.76. The molecule has 1 amide bonds. The normalized spacial score (nSPS) is 17.8. The SMILES string of the molecule is CC[C@H]1CN(c2nc(NCc3ccc(F)c(F)c3)c(C(=O)OC)nc2Cl)CCN1C1CCN(C(=O)c2ccc(Cl)nc2N)CC1. The number of benzene rings is 1. The van der Waals surface area contributed by atoms with Gasteiger partial charge in [0.1, 0.15) is 11.0 Å². The molecule has 11 nitrogen and oxygen atoms in total. The minimum Gasteiger partial charge on any atom is -0.464 e. The average Bonchev–Trinajstić information content (AvgIpc) is 3.04. The number of piperidine rings is 1. The topological polar surface area (TPSA) is 130 Å². The smallest absolute Gasteiger partial charge is 0.360 e. The number of nitrogens with one attached hydrogen (secondary N) is 1. The van der Waals surface area contributed by atoms with Gasteiger partial charge < -0.3 is 25.6 Å². The minimum atomic E-state index is -0.977. The molecule has 15 heteroatoms. The monoisotopic (exact) mass is 662 g/mol. The van der Waals surface area contributed by atoms with Gasteiger partial charge in [-0.05, 0) is 49.1 Å². The first-order valence-electron chi connectivity index (χ1n) is 14.6. The second-order valence-corrected chi connectivity index (χ2v) is 11.7. The molecule has 45 heavy (non-hydrogen) atoms. The van der Waals surface area contributed by atoms with E-state index >= 15 is 0 Å². The van der Waals surface area contributed by atoms with Gasteiger partial charge in [-0.3, -0.25) is 9.69 Å². The van der Waals surface area contributed by atoms with E-state index in [0.717, 1.165) is 37.9 Å². The summed E-state index contributed by atoms with van der Waals surface area (Å²) in [6.45, 7) is 5.35. The van der Waals surface area contributed by atoms with Crippen LogP contribution in [0.2, 0.25) is 10.3 Å². The van der Waals surface area contributed by atoms with E-state index in [4.69, 9.17) is 33.7 Å². The van der Waals surface area contributed by atoms with Crippen molar-refractivity contribution in [1.29, 1.82) is 0 Å². The van der Waals surface area contributed by atoms with E-state index in [1.54, 1.807) is 12.1 Å². The molecule has 240 valence electrons. The molecule has 1 atom stereocenters. The Bertz CT molecular complexity index is 1570. The maximum absolute atomic E-state index is 13.8. The van der Waals surface area contributed by atoms with Crippen LogP contribution in [-0.4, -0.2) is 88.5 Å². The molecule has 4 heterocycles. The third-order valence-electron chi connectivity index (χ3n) is 8.30. The van der Waals surface area contributed by atoms with E-state index in [1.807, 2.05) is 9.80 Å². The van der Waals surface area contributed by atoms with Gasteiger partial charge in [0, 0.05) is 51.4 Å². The van der Waals surface area contributed by atoms with E-state index in [2.05, 4.69) is 32.1 Å². The zero-order valence-corrected chi connectivity index (χ0v) is 26.4. The number of carbonyl (C=O) groups is 2. The number of hydrogen-bond acceptors (Lipinski definition) is 10. The predicted molar refractivity (Wildman–Crippen MR) is 168 cm³/mol. The maximum Gasteiger partial charge on any atom is 0.360 e. The molecule has 5 rings (SSSR count). The Morgan fingerprint density at radius 1 is 1.04 bits per heavy atom. The summed E-state index contributed by atoms with van der Waals surface area (Å²) in [4.78, 5) is 44.9. The van der Waals surface area contributed by atoms with Crippen LogP contribution < -0.4 is 16.0 Å². The molecule has 1 aromatic carbocycles. The molecule has 3 N–H and O–H groups in total. The lowest BCUT2D eigenvalue weighted by molar-refractivity contribution is 0.0490. The van der Waals surface area contributed by atoms with E-state index in [1.165, 1.54) is 13.2 Å². The van der Waals surface area contributed by atoms with Crippen LogP contribution in [0.4, 0.5) is 26.2 Å². The van der Waals surface area contributed by atoms with E-state index in [0.29, 0.717) is 49.2 Å². The molecule has 2 fully saturated rings. The first-order chi connectivity index (χ1) is 21.6. The van der Waals surface area contributed by atoms with Crippen molar-refractivity contribution in [3.8, 4) is 0 Å². The maximum atomic E-state index is 13.8. The van der Waals surface area contributed by atoms with Gasteiger partial charge in [0.05, 0.1) is 12.7 Å². The lowest BCUT2D eigenvalue weighted by Crippen LogP contribution is -2.58. The van der Waals surface area contributed by atoms with Crippen LogP contribution in [0.5, 0.6) is 0 Å². The van der Waals surface area contributed by atoms with E-state index in [-0.39, 0.29) is 46.1 Å². The average molecular weight is 664 g/mol. The van der Waals surface area contributed by atoms with Crippen LogP contribution in [0.3, 0.4) is 0 Å². The van der Waals surface area contributed by atoms with Crippen LogP contribution in [-0.2, 0) is 11.3 Å². The van der Waals surface area contributed by atoms with Gasteiger partial charge in [0.2, 0.25) is 0 Å². The van der Waals surface area contributed by atoms with E-state index in [9.17, 15) is 18.4 Å². The molecule has 2 aliphatic heterocycles. The summed E-state index contributed by atoms with van der Waals surface area (Å²) in [5, 5.41) is 3.30. The zero-order valence-electron chi connectivity index (χ0n) is 24.9. The molecule has 3 aromatic rings. The van der Waals surface area contributed by atoms with Gasteiger partial charge in [0.15, 0.2) is 34.1 Å². The summed E-state index contributed by atoms with van der Waals surface area (Å²) in [6.07, 6.45) is 2.50. The van der Waals surface area contributed by atoms with Gasteiger partial charge in [-0.1, -0.05) is 36.2 Å². The zero-order chi connectivity index (χ0) is 32.2. The molecule has 0 unspecified atom stereocenters. The van der Waals surface area contributed by atoms with Crippen LogP contribution >= 0.6 is 23.2 Å². The summed E-state index contributed by atoms with van der Waals surface area (Å²) in [7, 11) is 1.22. The molecule has 0 saturated carbocycles. The van der Waals surface area contributed by atoms with Gasteiger partial charge in [-0.15, -0.1) is 0 Å². The summed E-state index contributed by atoms with van der Waals surface area (Å²) < 4.78 is 32.0. The Hall–Kier alpha value is -3.81. The van der Waals surface area contributed by atoms with Crippen molar-refractivity contribution in [2.45, 2.75) is 44.8 Å². The summed E-state index contributed by atoms with van der Waals surface area (Å²) in [5.41, 5.74) is 6.63. The number of methoxy groups -OCH3 is 1. The van der Waals surface area contributed by atoms with Crippen LogP contribution in [0.15, 0.2) is 30.3 Å². The molecular weight excluding hydrogens is 629 g/mol. The first-order valence-corrected chi connectivity index (χ1v) is 15.4. The Balaban J connectivity index is 1.27. The third kappa shape index (κ3) is 7.21. The van der Waals surface area contributed by atoms with Crippen LogP contribution in [0.1, 0.15) is 52.6 Å². The number of likely N-dealkylation sites (tertiary alicyclic amines) is 1. The summed E-state index contributed by atoms with van der Waals surface area (Å²) >= 11 is 12.5. The molecular formula is C30H34Cl2F2N8O3. The number of carbonyl (C=O) groups excluding carboxylic acids is 2. The fraction of sp³-hybridized carbons (Fsp3) is 0.433. The number of pyridine rings is 1. The number of piperazine rings is 1. The van der Waals surface area contributed by atoms with Gasteiger partial charge in [-0.25, -0.2) is 28.5 Å². The van der Waals surface area contributed by atoms with Crippen molar-refractivity contribution in [3.63, 3.8) is 0 Å². The quantitative estimate of drug-likeness (QED) is 0.260. The standard InChI is InChI=1S/C30H34Cl2F2N8O3/c1-3-18-16-41(12-13-42(18)19-8-10-40(11-9-19)29(43)20-5-7-23(31)37-26(20)35)28-25(32)38-24(30(44)45-2)27(39-28)36-15-17-4-6-21(33)22(34)14-17/h4-7,14,18-19H,3,8-13,15-16H2,1-2H3,(H2,35,37)(H,36,39)/t18-/m0/s1. The first kappa shape index (κ1) is 32.6. The fourth-order valence-electron chi connectivity index (χ4n) is 5.91. The van der Waals surface area contributed by atoms with Crippen molar-refractivity contribution < 1.29 is 23.1 Å². The van der Waals surface area contributed by atoms with Crippen LogP contribution in [0, 0.1) is 11.6 Å². The highest BCUT2D eigenvalue weighted by Crippen LogP contribution is 2.31. The number of rotatable bonds is 8. The van der Waals surface area contributed by atoms with Crippen molar-refractivity contribution >= 4 is 52.5 Å². The minimum absolute atomic E-state index is 0.0554. The van der Waals surface area contributed by atoms with Gasteiger partial charge in [0.25, 0.3) is 5.91 Å². The molecule has 0 radical (unpaired) electrons. The molecule has 2 saturated heterocycles. The Morgan fingerprint density at radius 2 is 1.80 bits per heavy atom. The number of nitrogen functional groups attached to an aromatic ring is 1. The number of aromatic nitrogens is 3. The predicted octanol–water partition coefficient (Wildman–Crippen LogP) is 4.64. The second kappa shape index (κ2) is 14.1. The largest absolute Gasteiger partial charge is 0.464 e. The van der Waals surface area contributed by atoms with E-state index < -0.39 is 17.6 Å². The Morgan fingerprint density at radius 3 is 2.47 bits per heavy atom. The van der Waals surface area contributed by atoms with Crippen molar-refractivity contribution in [2.75, 3.05) is 55.8 Å². The highest BCUT2D eigenvalue weighted by Gasteiger charge is 2.36. The van der Waals surface area contributed by atoms with Crippen molar-refractivity contribution in [1.82, 2.24) is 24.8 Å². The molecule has 2 aliphatic rings. The number of ether oxygens (including phenoxy) is 1. The van der Waals surface area contributed by atoms with Crippen molar-refractivity contribution in [3.05, 3.63) is 69.1 Å². The molecule has 0 bridgehead atoms. The van der Waals surface area contributed by atoms with Gasteiger partial charge >= 0.3 is 5.97 Å². The molecule has 0 aliphatic carbocycles. The number of anilines is 3. The summed E-state index contributed by atoms with van der Waals surface area (Å²) in [6, 6.07) is 7.18. The lowest BCUT2D eigenvalue weighted by Gasteiger charge is -2.47. The number of hydrogen-bond donors (Lipinski definition) is 2. The van der Waals surface area contributed by atoms with Crippen LogP contribution in [0.25, 0.3) is 0 Å². The number of nitrogens with two attached hydrogens (primary N) is 1. The highest BCUT2D eigenvalue weighted by molar-refractivity contribution is 6.32. The number of esters is 1. The number of halogens is 4. The molecule has 2 aromatic heterocycles. The molecule has 0 spiro atoms. The lowest BCUT2D eigenvalue weighted by atomic mass is 9.97. The number of nitrogens with zero attached hydrogens (tertiary/aromatic N) is 6. The fourth-order valence-corrected chi connectivity index (χ4v) is 6.31.